The molecule has 2 aromatic heterocycles. The van der Waals surface area contributed by atoms with Crippen LogP contribution < -0.4 is 20.1 Å². The van der Waals surface area contributed by atoms with Gasteiger partial charge in [-0.1, -0.05) is 36.4 Å². The van der Waals surface area contributed by atoms with Crippen LogP contribution in [0.4, 0.5) is 5.95 Å². The van der Waals surface area contributed by atoms with Crippen LogP contribution in [0.3, 0.4) is 0 Å². The highest BCUT2D eigenvalue weighted by Gasteiger charge is 2.46. The minimum absolute atomic E-state index is 0.0849. The molecule has 44 heavy (non-hydrogen) atoms. The topological polar surface area (TPSA) is 202 Å². The van der Waals surface area contributed by atoms with Crippen molar-refractivity contribution in [1.29, 1.82) is 0 Å². The van der Waals surface area contributed by atoms with Crippen molar-refractivity contribution in [2.45, 2.75) is 64.4 Å². The number of aromatic nitrogens is 4. The number of benzene rings is 2. The summed E-state index contributed by atoms with van der Waals surface area (Å²) in [5.74, 6) is -0.359. The summed E-state index contributed by atoms with van der Waals surface area (Å²) >= 11 is 0. The van der Waals surface area contributed by atoms with E-state index in [9.17, 15) is 19.6 Å². The maximum atomic E-state index is 14.2. The second kappa shape index (κ2) is 13.0. The molecule has 3 heterocycles. The molecule has 1 aliphatic heterocycles. The lowest BCUT2D eigenvalue weighted by Gasteiger charge is -2.25. The number of hydrogen-bond acceptors (Lipinski definition) is 13. The van der Waals surface area contributed by atoms with Gasteiger partial charge in [-0.15, -0.1) is 0 Å². The molecule has 0 amide bonds. The van der Waals surface area contributed by atoms with Gasteiger partial charge in [-0.05, 0) is 39.1 Å². The van der Waals surface area contributed by atoms with Crippen LogP contribution in [-0.4, -0.2) is 79.4 Å². The number of aliphatic hydroxyl groups excluding tert-OH is 2. The van der Waals surface area contributed by atoms with Crippen molar-refractivity contribution in [3.05, 3.63) is 48.8 Å². The van der Waals surface area contributed by atoms with Gasteiger partial charge in [0.1, 0.15) is 30.1 Å². The highest BCUT2D eigenvalue weighted by molar-refractivity contribution is 7.52. The molecule has 2 aromatic carbocycles. The number of nitrogen functional groups attached to an aromatic ring is 1. The molecule has 16 heteroatoms. The molecule has 15 nitrogen and oxygen atoms in total. The van der Waals surface area contributed by atoms with Crippen LogP contribution >= 0.6 is 7.75 Å². The van der Waals surface area contributed by atoms with Crippen LogP contribution in [0.15, 0.2) is 48.8 Å². The van der Waals surface area contributed by atoms with Gasteiger partial charge in [0.15, 0.2) is 17.4 Å². The number of esters is 1. The highest BCUT2D eigenvalue weighted by atomic mass is 31.2. The maximum absolute atomic E-state index is 14.2. The first-order valence-corrected chi connectivity index (χ1v) is 15.6. The monoisotopic (exact) mass is 630 g/mol. The van der Waals surface area contributed by atoms with Crippen LogP contribution in [0.1, 0.15) is 33.9 Å². The van der Waals surface area contributed by atoms with E-state index >= 15 is 0 Å². The van der Waals surface area contributed by atoms with Crippen molar-refractivity contribution < 1.29 is 42.8 Å². The molecule has 236 valence electrons. The third kappa shape index (κ3) is 6.62. The minimum Gasteiger partial charge on any atom is -0.476 e. The fourth-order valence-corrected chi connectivity index (χ4v) is 6.24. The fraction of sp³-hybridized carbons (Fsp3) is 0.429. The predicted molar refractivity (Wildman–Crippen MR) is 159 cm³/mol. The van der Waals surface area contributed by atoms with Gasteiger partial charge in [0, 0.05) is 5.39 Å². The summed E-state index contributed by atoms with van der Waals surface area (Å²) in [5.41, 5.74) is 6.34. The predicted octanol–water partition coefficient (Wildman–Crippen LogP) is 2.71. The van der Waals surface area contributed by atoms with E-state index < -0.39 is 57.0 Å². The third-order valence-corrected chi connectivity index (χ3v) is 8.36. The van der Waals surface area contributed by atoms with Gasteiger partial charge in [-0.3, -0.25) is 13.9 Å². The summed E-state index contributed by atoms with van der Waals surface area (Å²) in [4.78, 5) is 25.1. The molecule has 4 aromatic rings. The number of hydrogen-bond donors (Lipinski definition) is 4. The van der Waals surface area contributed by atoms with Crippen molar-refractivity contribution in [2.24, 2.45) is 0 Å². The number of carbonyl (C=O) groups is 1. The summed E-state index contributed by atoms with van der Waals surface area (Å²) in [6, 6.07) is 11.4. The van der Waals surface area contributed by atoms with Crippen LogP contribution in [0.2, 0.25) is 0 Å². The van der Waals surface area contributed by atoms with E-state index in [1.165, 1.54) is 17.8 Å². The number of imidazole rings is 1. The molecule has 5 N–H and O–H groups in total. The van der Waals surface area contributed by atoms with E-state index in [0.717, 1.165) is 5.39 Å². The summed E-state index contributed by atoms with van der Waals surface area (Å²) in [6.45, 7) is 6.43. The average Bonchev–Trinajstić information content (AvgIpc) is 3.52. The summed E-state index contributed by atoms with van der Waals surface area (Å²) in [7, 11) is -4.33. The Morgan fingerprint density at radius 1 is 1.14 bits per heavy atom. The van der Waals surface area contributed by atoms with E-state index in [0.29, 0.717) is 12.0 Å². The molecule has 1 aliphatic rings. The lowest BCUT2D eigenvalue weighted by Crippen LogP contribution is -2.38. The highest BCUT2D eigenvalue weighted by Crippen LogP contribution is 2.47. The molecular weight excluding hydrogens is 595 g/mol. The molecule has 0 spiro atoms. The number of nitrogens with zero attached hydrogens (tertiary/aromatic N) is 4. The molecule has 6 unspecified atom stereocenters. The molecule has 1 saturated heterocycles. The van der Waals surface area contributed by atoms with E-state index in [2.05, 4.69) is 20.0 Å². The molecular formula is C28H35N6O9P. The molecule has 0 radical (unpaired) electrons. The fourth-order valence-electron chi connectivity index (χ4n) is 4.72. The number of aliphatic hydroxyl groups is 2. The van der Waals surface area contributed by atoms with Crippen LogP contribution in [0, 0.1) is 0 Å². The minimum atomic E-state index is -4.33. The number of ether oxygens (including phenoxy) is 3. The number of carbonyl (C=O) groups excluding carboxylic acids is 1. The van der Waals surface area contributed by atoms with E-state index in [-0.39, 0.29) is 28.7 Å². The standard InChI is InChI=1S/C28H35N6O9P/c1-5-39-25-21-24(31-28(29)32-25)34(14-30-21)26-23(36)22(35)20(42-26)13-40-44(38,33-16(4)27(37)41-15(2)3)43-19-12-8-10-17-9-6-7-11-18(17)19/h6-12,14-16,20,22-23,26,35-36H,5,13H2,1-4H3,(H,33,38)(H2,29,31,32). The van der Waals surface area contributed by atoms with Crippen molar-refractivity contribution in [1.82, 2.24) is 24.6 Å². The van der Waals surface area contributed by atoms with Gasteiger partial charge in [0.2, 0.25) is 11.8 Å². The first-order chi connectivity index (χ1) is 21.0. The summed E-state index contributed by atoms with van der Waals surface area (Å²) < 4.78 is 43.9. The Kier molecular flexibility index (Phi) is 9.34. The van der Waals surface area contributed by atoms with Crippen LogP contribution in [0.5, 0.6) is 11.6 Å². The molecule has 0 aliphatic carbocycles. The van der Waals surface area contributed by atoms with Gasteiger partial charge in [-0.2, -0.15) is 15.1 Å². The van der Waals surface area contributed by atoms with Gasteiger partial charge >= 0.3 is 13.7 Å². The van der Waals surface area contributed by atoms with Crippen molar-refractivity contribution in [2.75, 3.05) is 18.9 Å². The lowest BCUT2D eigenvalue weighted by molar-refractivity contribution is -0.149. The van der Waals surface area contributed by atoms with Crippen molar-refractivity contribution in [3.8, 4) is 11.6 Å². The Morgan fingerprint density at radius 2 is 1.89 bits per heavy atom. The zero-order valence-corrected chi connectivity index (χ0v) is 25.5. The Hall–Kier alpha value is -3.85. The molecule has 1 fully saturated rings. The quantitative estimate of drug-likeness (QED) is 0.131. The second-order valence-corrected chi connectivity index (χ2v) is 12.1. The average molecular weight is 631 g/mol. The molecule has 6 atom stereocenters. The first-order valence-electron chi connectivity index (χ1n) is 14.0. The Balaban J connectivity index is 1.39. The largest absolute Gasteiger partial charge is 0.476 e. The SMILES string of the molecule is CCOc1nc(N)nc2c1ncn2C1OC(COP(=O)(NC(C)C(=O)OC(C)C)Oc2cccc3ccccc23)C(O)C1O. The van der Waals surface area contributed by atoms with Crippen molar-refractivity contribution >= 4 is 41.6 Å². The normalized spacial score (nSPS) is 22.2. The molecule has 5 rings (SSSR count). The maximum Gasteiger partial charge on any atom is 0.459 e. The number of fused-ring (bicyclic) bond motifs is 2. The third-order valence-electron chi connectivity index (χ3n) is 6.73. The Labute approximate surface area is 252 Å². The zero-order valence-electron chi connectivity index (χ0n) is 24.6. The van der Waals surface area contributed by atoms with Gasteiger partial charge in [0.25, 0.3) is 0 Å². The number of nitrogens with two attached hydrogens (primary N) is 1. The second-order valence-electron chi connectivity index (χ2n) is 10.4. The molecule has 0 saturated carbocycles. The number of rotatable bonds is 12. The Bertz CT molecular complexity index is 1680. The van der Waals surface area contributed by atoms with Crippen LogP contribution in [0.25, 0.3) is 21.9 Å². The lowest BCUT2D eigenvalue weighted by atomic mass is 10.1. The van der Waals surface area contributed by atoms with Crippen LogP contribution in [-0.2, 0) is 23.4 Å². The van der Waals surface area contributed by atoms with E-state index in [4.69, 9.17) is 29.0 Å². The number of anilines is 1. The van der Waals surface area contributed by atoms with E-state index in [1.54, 1.807) is 45.0 Å². The van der Waals surface area contributed by atoms with Crippen molar-refractivity contribution in [3.63, 3.8) is 0 Å². The molecule has 0 bridgehead atoms. The van der Waals surface area contributed by atoms with Gasteiger partial charge < -0.3 is 34.7 Å². The van der Waals surface area contributed by atoms with E-state index in [1.807, 2.05) is 18.2 Å². The Morgan fingerprint density at radius 3 is 2.64 bits per heavy atom. The number of nitrogens with one attached hydrogen (secondary N) is 1. The zero-order chi connectivity index (χ0) is 31.6. The summed E-state index contributed by atoms with van der Waals surface area (Å²) in [6.07, 6.45) is -4.34. The van der Waals surface area contributed by atoms with Gasteiger partial charge in [-0.25, -0.2) is 9.55 Å². The smallest absolute Gasteiger partial charge is 0.459 e. The van der Waals surface area contributed by atoms with Gasteiger partial charge in [0.05, 0.1) is 25.6 Å². The summed E-state index contributed by atoms with van der Waals surface area (Å²) in [5, 5.41) is 25.9. The first kappa shape index (κ1) is 31.6.